The maximum atomic E-state index is 5.88. The van der Waals surface area contributed by atoms with Gasteiger partial charge in [-0.1, -0.05) is 47.1 Å². The smallest absolute Gasteiger partial charge is 0.252 e. The molecule has 0 bridgehead atoms. The summed E-state index contributed by atoms with van der Waals surface area (Å²) >= 11 is 5.88. The van der Waals surface area contributed by atoms with E-state index in [1.54, 1.807) is 28.9 Å². The minimum Gasteiger partial charge on any atom is -0.437 e. The van der Waals surface area contributed by atoms with E-state index in [0.717, 1.165) is 5.56 Å². The van der Waals surface area contributed by atoms with Crippen molar-refractivity contribution in [1.29, 1.82) is 0 Å². The van der Waals surface area contributed by atoms with Gasteiger partial charge in [0.25, 0.3) is 5.88 Å². The molecule has 0 aliphatic rings. The minimum atomic E-state index is 0.363. The maximum absolute atomic E-state index is 5.88. The Morgan fingerprint density at radius 2 is 1.75 bits per heavy atom. The number of fused-ring (bicyclic) bond motifs is 1. The van der Waals surface area contributed by atoms with E-state index in [-0.39, 0.29) is 0 Å². The van der Waals surface area contributed by atoms with Crippen LogP contribution in [0.25, 0.3) is 11.2 Å². The van der Waals surface area contributed by atoms with Crippen LogP contribution in [0.15, 0.2) is 60.9 Å². The first-order valence-electron chi connectivity index (χ1n) is 7.31. The fourth-order valence-electron chi connectivity index (χ4n) is 2.32. The highest BCUT2D eigenvalue weighted by molar-refractivity contribution is 6.30. The lowest BCUT2D eigenvalue weighted by molar-refractivity contribution is 0.467. The molecular formula is C17H12ClN5O. The van der Waals surface area contributed by atoms with Gasteiger partial charge in [-0.05, 0) is 29.8 Å². The van der Waals surface area contributed by atoms with E-state index in [0.29, 0.717) is 34.4 Å². The maximum Gasteiger partial charge on any atom is 0.252 e. The van der Waals surface area contributed by atoms with Gasteiger partial charge in [-0.25, -0.2) is 9.67 Å². The molecule has 0 radical (unpaired) electrons. The molecule has 2 heterocycles. The molecule has 0 saturated carbocycles. The van der Waals surface area contributed by atoms with Crippen LogP contribution >= 0.6 is 11.6 Å². The molecule has 0 spiro atoms. The summed E-state index contributed by atoms with van der Waals surface area (Å²) in [6, 6.07) is 17.0. The Hall–Kier alpha value is -2.99. The normalized spacial score (nSPS) is 10.9. The van der Waals surface area contributed by atoms with Crippen LogP contribution in [0.1, 0.15) is 5.56 Å². The van der Waals surface area contributed by atoms with Crippen molar-refractivity contribution in [1.82, 2.24) is 25.0 Å². The second kappa shape index (κ2) is 6.25. The van der Waals surface area contributed by atoms with Crippen molar-refractivity contribution in [2.24, 2.45) is 0 Å². The average Bonchev–Trinajstić information content (AvgIpc) is 3.02. The first kappa shape index (κ1) is 14.6. The van der Waals surface area contributed by atoms with Crippen LogP contribution in [0.5, 0.6) is 11.6 Å². The zero-order valence-corrected chi connectivity index (χ0v) is 13.3. The molecule has 0 saturated heterocycles. The predicted molar refractivity (Wildman–Crippen MR) is 90.2 cm³/mol. The molecule has 0 atom stereocenters. The van der Waals surface area contributed by atoms with Gasteiger partial charge in [-0.3, -0.25) is 0 Å². The number of aromatic nitrogens is 5. The predicted octanol–water partition coefficient (Wildman–Crippen LogP) is 3.72. The SMILES string of the molecule is Clc1ccc(Oc2ncnc3c2nnn3Cc2ccccc2)cc1. The molecule has 0 aliphatic carbocycles. The molecule has 7 heteroatoms. The molecule has 0 N–H and O–H groups in total. The number of ether oxygens (including phenoxy) is 1. The van der Waals surface area contributed by atoms with Crippen molar-refractivity contribution >= 4 is 22.8 Å². The first-order valence-corrected chi connectivity index (χ1v) is 7.69. The molecule has 4 rings (SSSR count). The summed E-state index contributed by atoms with van der Waals surface area (Å²) in [5.74, 6) is 0.985. The van der Waals surface area contributed by atoms with Crippen molar-refractivity contribution in [3.63, 3.8) is 0 Å². The fraction of sp³-hybridized carbons (Fsp3) is 0.0588. The largest absolute Gasteiger partial charge is 0.437 e. The van der Waals surface area contributed by atoms with Crippen molar-refractivity contribution in [2.75, 3.05) is 0 Å². The van der Waals surface area contributed by atoms with Gasteiger partial charge in [0.05, 0.1) is 6.54 Å². The molecule has 118 valence electrons. The highest BCUT2D eigenvalue weighted by atomic mass is 35.5. The number of hydrogen-bond donors (Lipinski definition) is 0. The first-order chi connectivity index (χ1) is 11.8. The highest BCUT2D eigenvalue weighted by Crippen LogP contribution is 2.26. The van der Waals surface area contributed by atoms with Gasteiger partial charge >= 0.3 is 0 Å². The van der Waals surface area contributed by atoms with E-state index >= 15 is 0 Å². The Bertz CT molecular complexity index is 969. The van der Waals surface area contributed by atoms with Gasteiger partial charge < -0.3 is 4.74 Å². The summed E-state index contributed by atoms with van der Waals surface area (Å²) in [6.45, 7) is 0.578. The summed E-state index contributed by atoms with van der Waals surface area (Å²) in [5, 5.41) is 8.98. The molecular weight excluding hydrogens is 326 g/mol. The Kier molecular flexibility index (Phi) is 3.80. The molecule has 0 amide bonds. The number of rotatable bonds is 4. The summed E-state index contributed by atoms with van der Waals surface area (Å²) in [7, 11) is 0. The van der Waals surface area contributed by atoms with E-state index in [9.17, 15) is 0 Å². The number of nitrogens with zero attached hydrogens (tertiary/aromatic N) is 5. The van der Waals surface area contributed by atoms with Crippen LogP contribution in [0.3, 0.4) is 0 Å². The monoisotopic (exact) mass is 337 g/mol. The van der Waals surface area contributed by atoms with Crippen molar-refractivity contribution in [3.8, 4) is 11.6 Å². The van der Waals surface area contributed by atoms with Gasteiger partial charge in [0, 0.05) is 5.02 Å². The minimum absolute atomic E-state index is 0.363. The molecule has 2 aromatic heterocycles. The quantitative estimate of drug-likeness (QED) is 0.568. The van der Waals surface area contributed by atoms with E-state index in [1.165, 1.54) is 6.33 Å². The van der Waals surface area contributed by atoms with Gasteiger partial charge in [-0.15, -0.1) is 5.10 Å². The molecule has 6 nitrogen and oxygen atoms in total. The Balaban J connectivity index is 1.67. The highest BCUT2D eigenvalue weighted by Gasteiger charge is 2.13. The fourth-order valence-corrected chi connectivity index (χ4v) is 2.45. The lowest BCUT2D eigenvalue weighted by atomic mass is 10.2. The molecule has 24 heavy (non-hydrogen) atoms. The Morgan fingerprint density at radius 3 is 2.54 bits per heavy atom. The van der Waals surface area contributed by atoms with Crippen LogP contribution in [0.4, 0.5) is 0 Å². The topological polar surface area (TPSA) is 65.7 Å². The summed E-state index contributed by atoms with van der Waals surface area (Å²) < 4.78 is 7.51. The molecule has 0 fully saturated rings. The van der Waals surface area contributed by atoms with Gasteiger partial charge in [-0.2, -0.15) is 4.98 Å². The van der Waals surface area contributed by atoms with E-state index in [4.69, 9.17) is 16.3 Å². The third-order valence-electron chi connectivity index (χ3n) is 3.47. The van der Waals surface area contributed by atoms with Gasteiger partial charge in [0.15, 0.2) is 11.2 Å². The van der Waals surface area contributed by atoms with Crippen LogP contribution in [0, 0.1) is 0 Å². The third kappa shape index (κ3) is 2.91. The van der Waals surface area contributed by atoms with Crippen molar-refractivity contribution < 1.29 is 4.74 Å². The van der Waals surface area contributed by atoms with Crippen molar-refractivity contribution in [3.05, 3.63) is 71.5 Å². The average molecular weight is 338 g/mol. The molecule has 2 aromatic carbocycles. The van der Waals surface area contributed by atoms with E-state index in [2.05, 4.69) is 20.3 Å². The zero-order chi connectivity index (χ0) is 16.4. The van der Waals surface area contributed by atoms with Crippen molar-refractivity contribution in [2.45, 2.75) is 6.54 Å². The number of benzene rings is 2. The summed E-state index contributed by atoms with van der Waals surface area (Å²) in [5.41, 5.74) is 2.25. The molecule has 0 aliphatic heterocycles. The zero-order valence-electron chi connectivity index (χ0n) is 12.5. The van der Waals surface area contributed by atoms with E-state index in [1.807, 2.05) is 30.3 Å². The van der Waals surface area contributed by atoms with Crippen LogP contribution in [-0.4, -0.2) is 25.0 Å². The van der Waals surface area contributed by atoms with E-state index < -0.39 is 0 Å². The second-order valence-corrected chi connectivity index (χ2v) is 5.58. The Labute approximate surface area is 142 Å². The van der Waals surface area contributed by atoms with Gasteiger partial charge in [0.1, 0.15) is 12.1 Å². The number of halogens is 1. The van der Waals surface area contributed by atoms with Crippen LogP contribution < -0.4 is 4.74 Å². The summed E-state index contributed by atoms with van der Waals surface area (Å²) in [4.78, 5) is 8.44. The second-order valence-electron chi connectivity index (χ2n) is 5.14. The van der Waals surface area contributed by atoms with Crippen LogP contribution in [0.2, 0.25) is 5.02 Å². The Morgan fingerprint density at radius 1 is 0.958 bits per heavy atom. The number of hydrogen-bond acceptors (Lipinski definition) is 5. The molecule has 0 unspecified atom stereocenters. The van der Waals surface area contributed by atoms with Gasteiger partial charge in [0.2, 0.25) is 0 Å². The molecule has 4 aromatic rings. The standard InChI is InChI=1S/C17H12ClN5O/c18-13-6-8-14(9-7-13)24-17-15-16(19-11-20-17)23(22-21-15)10-12-4-2-1-3-5-12/h1-9,11H,10H2. The third-order valence-corrected chi connectivity index (χ3v) is 3.72. The van der Waals surface area contributed by atoms with Crippen LogP contribution in [-0.2, 0) is 6.54 Å². The lowest BCUT2D eigenvalue weighted by Gasteiger charge is -2.05. The lowest BCUT2D eigenvalue weighted by Crippen LogP contribution is -2.02. The summed E-state index contributed by atoms with van der Waals surface area (Å²) in [6.07, 6.45) is 1.44.